The molecule has 0 saturated heterocycles. The maximum Gasteiger partial charge on any atom is 0.306 e. The average Bonchev–Trinajstić information content (AvgIpc) is 2.13. The van der Waals surface area contributed by atoms with Crippen LogP contribution in [0, 0.1) is 5.41 Å². The SMILES string of the molecule is CCC(O)(C(O)(O)O)C(C)(CO)CO. The van der Waals surface area contributed by atoms with Crippen molar-refractivity contribution in [3.05, 3.63) is 0 Å². The van der Waals surface area contributed by atoms with E-state index in [0.29, 0.717) is 0 Å². The van der Waals surface area contributed by atoms with Gasteiger partial charge in [-0.05, 0) is 6.42 Å². The molecule has 86 valence electrons. The van der Waals surface area contributed by atoms with Gasteiger partial charge in [-0.15, -0.1) is 0 Å². The molecule has 0 fully saturated rings. The van der Waals surface area contributed by atoms with E-state index in [4.69, 9.17) is 25.5 Å². The first-order valence-corrected chi connectivity index (χ1v) is 4.29. The van der Waals surface area contributed by atoms with E-state index in [0.717, 1.165) is 0 Å². The minimum atomic E-state index is -3.37. The van der Waals surface area contributed by atoms with E-state index >= 15 is 0 Å². The third kappa shape index (κ3) is 1.90. The molecule has 0 bridgehead atoms. The minimum Gasteiger partial charge on any atom is -0.396 e. The summed E-state index contributed by atoms with van der Waals surface area (Å²) in [5, 5.41) is 54.6. The highest BCUT2D eigenvalue weighted by atomic mass is 16.7. The molecule has 0 amide bonds. The molecule has 0 aromatic heterocycles. The van der Waals surface area contributed by atoms with Crippen LogP contribution in [0.2, 0.25) is 0 Å². The number of aliphatic hydroxyl groups excluding tert-OH is 2. The topological polar surface area (TPSA) is 121 Å². The van der Waals surface area contributed by atoms with E-state index in [1.165, 1.54) is 13.8 Å². The van der Waals surface area contributed by atoms with Crippen LogP contribution in [0.1, 0.15) is 20.3 Å². The Balaban J connectivity index is 5.22. The molecule has 0 radical (unpaired) electrons. The molecule has 6 N–H and O–H groups in total. The van der Waals surface area contributed by atoms with Crippen LogP contribution < -0.4 is 0 Å². The summed E-state index contributed by atoms with van der Waals surface area (Å²) in [6, 6.07) is 0. The van der Waals surface area contributed by atoms with Gasteiger partial charge in [-0.1, -0.05) is 13.8 Å². The molecular weight excluding hydrogens is 192 g/mol. The molecule has 1 unspecified atom stereocenters. The second-order valence-corrected chi connectivity index (χ2v) is 3.73. The van der Waals surface area contributed by atoms with Gasteiger partial charge in [0.2, 0.25) is 0 Å². The summed E-state index contributed by atoms with van der Waals surface area (Å²) in [6.45, 7) is 1.23. The molecular formula is C8H18O6. The predicted octanol–water partition coefficient (Wildman–Crippen LogP) is -2.25. The van der Waals surface area contributed by atoms with Gasteiger partial charge >= 0.3 is 5.97 Å². The Labute approximate surface area is 82.1 Å². The lowest BCUT2D eigenvalue weighted by atomic mass is 9.71. The Bertz CT molecular complexity index is 183. The second kappa shape index (κ2) is 4.09. The molecule has 6 heteroatoms. The lowest BCUT2D eigenvalue weighted by Gasteiger charge is -2.46. The molecule has 0 rings (SSSR count). The molecule has 0 spiro atoms. The van der Waals surface area contributed by atoms with E-state index in [1.807, 2.05) is 0 Å². The summed E-state index contributed by atoms with van der Waals surface area (Å²) in [5.41, 5.74) is -4.01. The number of aliphatic hydroxyl groups is 6. The van der Waals surface area contributed by atoms with E-state index in [9.17, 15) is 5.11 Å². The first-order valence-electron chi connectivity index (χ1n) is 4.29. The fraction of sp³-hybridized carbons (Fsp3) is 1.00. The van der Waals surface area contributed by atoms with Gasteiger partial charge in [0, 0.05) is 0 Å². The second-order valence-electron chi connectivity index (χ2n) is 3.73. The normalized spacial score (nSPS) is 18.0. The fourth-order valence-corrected chi connectivity index (χ4v) is 1.38. The molecule has 0 aromatic carbocycles. The summed E-state index contributed by atoms with van der Waals surface area (Å²) in [6.07, 6.45) is -0.242. The zero-order valence-corrected chi connectivity index (χ0v) is 8.30. The highest BCUT2D eigenvalue weighted by molar-refractivity contribution is 4.99. The standard InChI is InChI=1S/C8H18O6/c1-3-7(11,8(12,13)14)6(2,4-9)5-10/h9-14H,3-5H2,1-2H3. The van der Waals surface area contributed by atoms with Crippen LogP contribution in [0.25, 0.3) is 0 Å². The summed E-state index contributed by atoms with van der Waals surface area (Å²) in [7, 11) is 0. The van der Waals surface area contributed by atoms with E-state index in [1.54, 1.807) is 0 Å². The quantitative estimate of drug-likeness (QED) is 0.285. The van der Waals surface area contributed by atoms with Crippen molar-refractivity contribution in [3.63, 3.8) is 0 Å². The Morgan fingerprint density at radius 3 is 1.36 bits per heavy atom. The van der Waals surface area contributed by atoms with Gasteiger partial charge in [-0.25, -0.2) is 0 Å². The first-order chi connectivity index (χ1) is 6.18. The highest BCUT2D eigenvalue weighted by Crippen LogP contribution is 2.39. The maximum absolute atomic E-state index is 9.81. The number of rotatable bonds is 5. The molecule has 0 aliphatic rings. The van der Waals surface area contributed by atoms with Crippen molar-refractivity contribution in [2.75, 3.05) is 13.2 Å². The van der Waals surface area contributed by atoms with Crippen molar-refractivity contribution < 1.29 is 30.6 Å². The third-order valence-corrected chi connectivity index (χ3v) is 2.76. The van der Waals surface area contributed by atoms with E-state index < -0.39 is 30.2 Å². The molecule has 0 heterocycles. The Morgan fingerprint density at radius 2 is 1.29 bits per heavy atom. The number of hydrogen-bond donors (Lipinski definition) is 6. The van der Waals surface area contributed by atoms with Crippen LogP contribution in [0.4, 0.5) is 0 Å². The van der Waals surface area contributed by atoms with Gasteiger partial charge in [-0.2, -0.15) is 0 Å². The zero-order valence-electron chi connectivity index (χ0n) is 8.30. The van der Waals surface area contributed by atoms with Gasteiger partial charge in [0.1, 0.15) is 0 Å². The molecule has 0 aliphatic carbocycles. The van der Waals surface area contributed by atoms with Gasteiger partial charge in [0.15, 0.2) is 5.60 Å². The Morgan fingerprint density at radius 1 is 0.929 bits per heavy atom. The van der Waals surface area contributed by atoms with Gasteiger partial charge in [0.25, 0.3) is 0 Å². The van der Waals surface area contributed by atoms with Crippen LogP contribution in [0.15, 0.2) is 0 Å². The van der Waals surface area contributed by atoms with Crippen LogP contribution in [0.5, 0.6) is 0 Å². The zero-order chi connectivity index (χ0) is 11.6. The van der Waals surface area contributed by atoms with Crippen molar-refractivity contribution in [2.24, 2.45) is 5.41 Å². The molecule has 0 saturated carbocycles. The molecule has 14 heavy (non-hydrogen) atoms. The summed E-state index contributed by atoms with van der Waals surface area (Å²) in [4.78, 5) is 0. The predicted molar refractivity (Wildman–Crippen MR) is 46.9 cm³/mol. The lowest BCUT2D eigenvalue weighted by Crippen LogP contribution is -2.65. The van der Waals surface area contributed by atoms with Crippen molar-refractivity contribution in [2.45, 2.75) is 31.8 Å². The molecule has 1 atom stereocenters. The molecule has 0 aromatic rings. The minimum absolute atomic E-state index is 0.242. The monoisotopic (exact) mass is 210 g/mol. The van der Waals surface area contributed by atoms with Crippen LogP contribution >= 0.6 is 0 Å². The Hall–Kier alpha value is -0.240. The average molecular weight is 210 g/mol. The van der Waals surface area contributed by atoms with Gasteiger partial charge < -0.3 is 30.6 Å². The largest absolute Gasteiger partial charge is 0.396 e. The van der Waals surface area contributed by atoms with Crippen LogP contribution in [-0.4, -0.2) is 55.4 Å². The van der Waals surface area contributed by atoms with Gasteiger partial charge in [-0.3, -0.25) is 0 Å². The van der Waals surface area contributed by atoms with Crippen molar-refractivity contribution in [3.8, 4) is 0 Å². The Kier molecular flexibility index (Phi) is 4.02. The summed E-state index contributed by atoms with van der Waals surface area (Å²) in [5.74, 6) is -3.37. The van der Waals surface area contributed by atoms with Crippen molar-refractivity contribution in [1.29, 1.82) is 0 Å². The highest BCUT2D eigenvalue weighted by Gasteiger charge is 2.58. The van der Waals surface area contributed by atoms with Crippen molar-refractivity contribution >= 4 is 0 Å². The summed E-state index contributed by atoms with van der Waals surface area (Å²) < 4.78 is 0. The fourth-order valence-electron chi connectivity index (χ4n) is 1.38. The molecule has 0 aliphatic heterocycles. The smallest absolute Gasteiger partial charge is 0.306 e. The summed E-state index contributed by atoms with van der Waals surface area (Å²) >= 11 is 0. The van der Waals surface area contributed by atoms with Crippen LogP contribution in [0.3, 0.4) is 0 Å². The maximum atomic E-state index is 9.81. The third-order valence-electron chi connectivity index (χ3n) is 2.76. The first kappa shape index (κ1) is 13.8. The van der Waals surface area contributed by atoms with Crippen molar-refractivity contribution in [1.82, 2.24) is 0 Å². The number of hydrogen-bond acceptors (Lipinski definition) is 6. The molecule has 6 nitrogen and oxygen atoms in total. The van der Waals surface area contributed by atoms with E-state index in [-0.39, 0.29) is 6.42 Å². The van der Waals surface area contributed by atoms with E-state index in [2.05, 4.69) is 0 Å². The van der Waals surface area contributed by atoms with Gasteiger partial charge in [0.05, 0.1) is 18.6 Å². The van der Waals surface area contributed by atoms with Crippen LogP contribution in [-0.2, 0) is 0 Å². The lowest BCUT2D eigenvalue weighted by molar-refractivity contribution is -0.418.